The van der Waals surface area contributed by atoms with E-state index >= 15 is 0 Å². The van der Waals surface area contributed by atoms with Crippen LogP contribution in [0.25, 0.3) is 0 Å². The molecule has 0 aromatic carbocycles. The number of fused-ring (bicyclic) bond motifs is 2. The van der Waals surface area contributed by atoms with Gasteiger partial charge in [0.05, 0.1) is 7.11 Å². The van der Waals surface area contributed by atoms with E-state index in [-0.39, 0.29) is 36.3 Å². The monoisotopic (exact) mass is 506 g/mol. The fourth-order valence-electron chi connectivity index (χ4n) is 5.16. The second kappa shape index (κ2) is 9.04. The lowest BCUT2D eigenvalue weighted by Gasteiger charge is -2.32. The van der Waals surface area contributed by atoms with Gasteiger partial charge in [0.25, 0.3) is 0 Å². The molecule has 11 nitrogen and oxygen atoms in total. The highest BCUT2D eigenvalue weighted by Gasteiger charge is 2.78. The molecule has 4 heterocycles. The fourth-order valence-corrected chi connectivity index (χ4v) is 5.16. The zero-order valence-electron chi connectivity index (χ0n) is 20.8. The Kier molecular flexibility index (Phi) is 6.50. The molecular formula is C25H30O11. The average molecular weight is 507 g/mol. The third kappa shape index (κ3) is 4.41. The van der Waals surface area contributed by atoms with Crippen molar-refractivity contribution in [3.05, 3.63) is 35.3 Å². The van der Waals surface area contributed by atoms with Gasteiger partial charge in [-0.05, 0) is 32.3 Å². The summed E-state index contributed by atoms with van der Waals surface area (Å²) in [6.07, 6.45) is -3.98. The van der Waals surface area contributed by atoms with E-state index in [1.54, 1.807) is 6.92 Å². The van der Waals surface area contributed by atoms with E-state index < -0.39 is 65.4 Å². The van der Waals surface area contributed by atoms with Crippen LogP contribution in [0.2, 0.25) is 0 Å². The molecule has 1 aromatic rings. The Bertz CT molecular complexity index is 1120. The van der Waals surface area contributed by atoms with Gasteiger partial charge in [0, 0.05) is 26.7 Å². The van der Waals surface area contributed by atoms with Crippen LogP contribution in [0.3, 0.4) is 0 Å². The van der Waals surface area contributed by atoms with Gasteiger partial charge in [-0.1, -0.05) is 12.2 Å². The zero-order valence-corrected chi connectivity index (χ0v) is 20.8. The maximum atomic E-state index is 13.0. The molecular weight excluding hydrogens is 476 g/mol. The van der Waals surface area contributed by atoms with Gasteiger partial charge in [0.15, 0.2) is 6.10 Å². The van der Waals surface area contributed by atoms with Crippen molar-refractivity contribution in [2.24, 2.45) is 5.92 Å². The number of carbonyl (C=O) groups excluding carboxylic acids is 4. The molecule has 7 unspecified atom stereocenters. The number of epoxide rings is 1. The van der Waals surface area contributed by atoms with Crippen LogP contribution in [0.4, 0.5) is 0 Å². The molecule has 1 aromatic heterocycles. The summed E-state index contributed by atoms with van der Waals surface area (Å²) in [7, 11) is 1.22. The summed E-state index contributed by atoms with van der Waals surface area (Å²) in [5.74, 6) is -2.89. The molecule has 4 bridgehead atoms. The van der Waals surface area contributed by atoms with E-state index in [1.807, 2.05) is 0 Å². The number of hydrogen-bond acceptors (Lipinski definition) is 11. The molecule has 0 radical (unpaired) electrons. The maximum Gasteiger partial charge on any atom is 0.345 e. The first kappa shape index (κ1) is 25.9. The van der Waals surface area contributed by atoms with Gasteiger partial charge in [0.2, 0.25) is 5.60 Å². The van der Waals surface area contributed by atoms with Crippen LogP contribution >= 0.6 is 0 Å². The van der Waals surface area contributed by atoms with Crippen molar-refractivity contribution in [1.29, 1.82) is 0 Å². The van der Waals surface area contributed by atoms with Crippen LogP contribution in [0.15, 0.2) is 22.6 Å². The molecule has 0 aliphatic carbocycles. The molecule has 3 aliphatic heterocycles. The third-order valence-corrected chi connectivity index (χ3v) is 6.97. The molecule has 0 amide bonds. The highest BCUT2D eigenvalue weighted by Crippen LogP contribution is 2.54. The number of esters is 4. The van der Waals surface area contributed by atoms with Gasteiger partial charge in [-0.3, -0.25) is 9.59 Å². The number of allylic oxidation sites excluding steroid dienone is 1. The molecule has 11 heteroatoms. The van der Waals surface area contributed by atoms with Crippen LogP contribution < -0.4 is 0 Å². The van der Waals surface area contributed by atoms with Gasteiger partial charge in [-0.15, -0.1) is 0 Å². The number of carbonyl (C=O) groups is 4. The summed E-state index contributed by atoms with van der Waals surface area (Å²) in [4.78, 5) is 49.5. The minimum absolute atomic E-state index is 0.0224. The Labute approximate surface area is 207 Å². The van der Waals surface area contributed by atoms with Gasteiger partial charge < -0.3 is 33.2 Å². The Morgan fingerprint density at radius 3 is 2.39 bits per heavy atom. The topological polar surface area (TPSA) is 151 Å². The van der Waals surface area contributed by atoms with Crippen LogP contribution in [-0.4, -0.2) is 65.6 Å². The first-order valence-corrected chi connectivity index (χ1v) is 11.6. The van der Waals surface area contributed by atoms with Gasteiger partial charge >= 0.3 is 23.9 Å². The second-order valence-corrected chi connectivity index (χ2v) is 9.88. The van der Waals surface area contributed by atoms with E-state index in [2.05, 4.69) is 6.58 Å². The highest BCUT2D eigenvalue weighted by molar-refractivity contribution is 5.91. The standard InChI is InChI=1S/C25H30O11/c1-11(2)14-7-16-15(22(28)31-6)9-17(34-16)20(33-13(4)27)24(5,30)10-18-21-25(36-21,23(29)35-18)19(8-14)32-12(3)26/h9,14,18-21,30H,1,7-8,10H2,2-6H3. The highest BCUT2D eigenvalue weighted by atomic mass is 16.7. The minimum atomic E-state index is -1.81. The van der Waals surface area contributed by atoms with Crippen molar-refractivity contribution < 1.29 is 52.4 Å². The number of rotatable bonds is 4. The molecule has 2 saturated heterocycles. The largest absolute Gasteiger partial charge is 0.465 e. The molecule has 3 aliphatic rings. The van der Waals surface area contributed by atoms with Crippen LogP contribution in [0.5, 0.6) is 0 Å². The number of furan rings is 1. The van der Waals surface area contributed by atoms with Crippen molar-refractivity contribution in [3.63, 3.8) is 0 Å². The molecule has 4 rings (SSSR count). The summed E-state index contributed by atoms with van der Waals surface area (Å²) in [6.45, 7) is 9.59. The van der Waals surface area contributed by atoms with Crippen LogP contribution in [0.1, 0.15) is 68.5 Å². The Morgan fingerprint density at radius 1 is 1.17 bits per heavy atom. The third-order valence-electron chi connectivity index (χ3n) is 6.97. The van der Waals surface area contributed by atoms with Crippen LogP contribution in [0, 0.1) is 5.92 Å². The maximum absolute atomic E-state index is 13.0. The minimum Gasteiger partial charge on any atom is -0.465 e. The van der Waals surface area contributed by atoms with Crippen molar-refractivity contribution in [2.75, 3.05) is 7.11 Å². The smallest absolute Gasteiger partial charge is 0.345 e. The molecule has 0 saturated carbocycles. The molecule has 2 fully saturated rings. The fraction of sp³-hybridized carbons (Fsp3) is 0.600. The van der Waals surface area contributed by atoms with E-state index in [4.69, 9.17) is 28.1 Å². The van der Waals surface area contributed by atoms with Gasteiger partial charge in [-0.2, -0.15) is 0 Å². The predicted octanol–water partition coefficient (Wildman–Crippen LogP) is 1.94. The zero-order chi connectivity index (χ0) is 26.6. The summed E-state index contributed by atoms with van der Waals surface area (Å²) in [5, 5.41) is 11.5. The molecule has 36 heavy (non-hydrogen) atoms. The van der Waals surface area contributed by atoms with Crippen molar-refractivity contribution in [1.82, 2.24) is 0 Å². The second-order valence-electron chi connectivity index (χ2n) is 9.88. The van der Waals surface area contributed by atoms with E-state index in [1.165, 1.54) is 33.9 Å². The summed E-state index contributed by atoms with van der Waals surface area (Å²) in [5.41, 5.74) is -2.57. The molecule has 196 valence electrons. The lowest BCUT2D eigenvalue weighted by molar-refractivity contribution is -0.177. The Balaban J connectivity index is 1.86. The van der Waals surface area contributed by atoms with Crippen molar-refractivity contribution in [2.45, 2.75) is 82.6 Å². The van der Waals surface area contributed by atoms with E-state index in [9.17, 15) is 24.3 Å². The molecule has 1 N–H and O–H groups in total. The Morgan fingerprint density at radius 2 is 1.83 bits per heavy atom. The lowest BCUT2D eigenvalue weighted by atomic mass is 9.82. The predicted molar refractivity (Wildman–Crippen MR) is 119 cm³/mol. The van der Waals surface area contributed by atoms with Crippen LogP contribution in [-0.2, 0) is 44.5 Å². The first-order chi connectivity index (χ1) is 16.8. The summed E-state index contributed by atoms with van der Waals surface area (Å²) < 4.78 is 33.3. The first-order valence-electron chi connectivity index (χ1n) is 11.6. The number of aliphatic hydroxyl groups is 1. The average Bonchev–Trinajstić information content (AvgIpc) is 3.32. The SMILES string of the molecule is C=C(C)C1Cc2oc(cc2C(=O)OC)C(OC(C)=O)C(C)(O)CC2OC(=O)C3(OC23)C(OC(C)=O)C1. The lowest BCUT2D eigenvalue weighted by Crippen LogP contribution is -2.42. The number of methoxy groups -OCH3 is 1. The van der Waals surface area contributed by atoms with Crippen molar-refractivity contribution >= 4 is 23.9 Å². The van der Waals surface area contributed by atoms with Gasteiger partial charge in [0.1, 0.15) is 41.0 Å². The normalized spacial score (nSPS) is 35.2. The molecule has 0 spiro atoms. The molecule has 7 atom stereocenters. The van der Waals surface area contributed by atoms with Crippen molar-refractivity contribution in [3.8, 4) is 0 Å². The quantitative estimate of drug-likeness (QED) is 0.276. The number of hydrogen-bond donors (Lipinski definition) is 1. The Hall–Kier alpha value is -3.18. The summed E-state index contributed by atoms with van der Waals surface area (Å²) in [6, 6.07) is 1.37. The van der Waals surface area contributed by atoms with E-state index in [0.29, 0.717) is 5.57 Å². The van der Waals surface area contributed by atoms with E-state index in [0.717, 1.165) is 0 Å². The number of ether oxygens (including phenoxy) is 5. The van der Waals surface area contributed by atoms with Gasteiger partial charge in [-0.25, -0.2) is 9.59 Å². The summed E-state index contributed by atoms with van der Waals surface area (Å²) >= 11 is 0.